The van der Waals surface area contributed by atoms with E-state index in [-0.39, 0.29) is 23.5 Å². The summed E-state index contributed by atoms with van der Waals surface area (Å²) in [6, 6.07) is 28.1. The molecule has 0 amide bonds. The molecule has 3 aromatic carbocycles. The molecule has 35 heavy (non-hydrogen) atoms. The molecule has 1 aliphatic rings. The molecule has 4 aromatic rings. The Hall–Kier alpha value is -3.48. The monoisotopic (exact) mass is 469 g/mol. The molecule has 1 fully saturated rings. The van der Waals surface area contributed by atoms with E-state index >= 15 is 0 Å². The van der Waals surface area contributed by atoms with Crippen LogP contribution >= 0.6 is 0 Å². The van der Waals surface area contributed by atoms with E-state index in [0.29, 0.717) is 17.4 Å². The Morgan fingerprint density at radius 3 is 2.06 bits per heavy atom. The lowest BCUT2D eigenvalue weighted by atomic mass is 10.00. The van der Waals surface area contributed by atoms with Gasteiger partial charge in [0, 0.05) is 19.6 Å². The van der Waals surface area contributed by atoms with Crippen molar-refractivity contribution in [3.63, 3.8) is 0 Å². The predicted octanol–water partition coefficient (Wildman–Crippen LogP) is 4.35. The maximum Gasteiger partial charge on any atom is 0.328 e. The van der Waals surface area contributed by atoms with Gasteiger partial charge in [0.2, 0.25) is 0 Å². The second kappa shape index (κ2) is 10.8. The zero-order valence-corrected chi connectivity index (χ0v) is 19.8. The number of hydrogen-bond donors (Lipinski definition) is 1. The molecular weight excluding hydrogens is 438 g/mol. The first-order valence-corrected chi connectivity index (χ1v) is 12.4. The third kappa shape index (κ3) is 5.45. The number of rotatable bonds is 8. The number of nitrogens with one attached hydrogen (secondary N) is 1. The summed E-state index contributed by atoms with van der Waals surface area (Å²) in [7, 11) is 0. The summed E-state index contributed by atoms with van der Waals surface area (Å²) in [5.74, 6) is 0. The Kier molecular flexibility index (Phi) is 7.21. The second-order valence-corrected chi connectivity index (χ2v) is 9.16. The highest BCUT2D eigenvalue weighted by molar-refractivity contribution is 5.77. The molecule has 1 aromatic heterocycles. The number of benzene rings is 3. The maximum absolute atomic E-state index is 12.4. The van der Waals surface area contributed by atoms with E-state index in [2.05, 4.69) is 58.4 Å². The Balaban J connectivity index is 1.17. The van der Waals surface area contributed by atoms with Crippen molar-refractivity contribution in [1.29, 1.82) is 0 Å². The number of para-hydroxylation sites is 1. The van der Waals surface area contributed by atoms with Gasteiger partial charge >= 0.3 is 5.69 Å². The number of likely N-dealkylation sites (tertiary alicyclic amines) is 1. The van der Waals surface area contributed by atoms with Gasteiger partial charge in [-0.1, -0.05) is 72.8 Å². The Morgan fingerprint density at radius 2 is 1.40 bits per heavy atom. The molecule has 0 spiro atoms. The first kappa shape index (κ1) is 23.3. The van der Waals surface area contributed by atoms with Crippen LogP contribution in [0.2, 0.25) is 0 Å². The largest absolute Gasteiger partial charge is 0.365 e. The first-order chi connectivity index (χ1) is 17.2. The van der Waals surface area contributed by atoms with Crippen LogP contribution in [0.4, 0.5) is 0 Å². The van der Waals surface area contributed by atoms with Crippen molar-refractivity contribution in [2.75, 3.05) is 19.6 Å². The van der Waals surface area contributed by atoms with Crippen LogP contribution in [0.5, 0.6) is 0 Å². The highest BCUT2D eigenvalue weighted by atomic mass is 16.5. The van der Waals surface area contributed by atoms with Crippen molar-refractivity contribution in [3.8, 4) is 0 Å². The fraction of sp³-hybridized carbons (Fsp3) is 0.310. The molecule has 0 bridgehead atoms. The minimum absolute atomic E-state index is 0.0608. The Bertz CT molecular complexity index is 1320. The van der Waals surface area contributed by atoms with E-state index in [1.54, 1.807) is 10.6 Å². The third-order valence-electron chi connectivity index (χ3n) is 6.83. The van der Waals surface area contributed by atoms with E-state index in [0.717, 1.165) is 38.9 Å². The molecule has 0 atom stereocenters. The number of aromatic nitrogens is 2. The van der Waals surface area contributed by atoms with Crippen LogP contribution in [0, 0.1) is 0 Å². The molecule has 0 saturated carbocycles. The van der Waals surface area contributed by atoms with Crippen LogP contribution < -0.4 is 11.2 Å². The number of piperidine rings is 1. The summed E-state index contributed by atoms with van der Waals surface area (Å²) >= 11 is 0. The topological polar surface area (TPSA) is 67.3 Å². The smallest absolute Gasteiger partial charge is 0.328 e. The molecule has 180 valence electrons. The maximum atomic E-state index is 12.4. The molecule has 1 aliphatic heterocycles. The van der Waals surface area contributed by atoms with Crippen LogP contribution in [0.25, 0.3) is 10.9 Å². The van der Waals surface area contributed by atoms with Crippen molar-refractivity contribution in [2.45, 2.75) is 38.0 Å². The molecule has 0 radical (unpaired) electrons. The van der Waals surface area contributed by atoms with Gasteiger partial charge in [0.25, 0.3) is 5.56 Å². The van der Waals surface area contributed by atoms with E-state index in [9.17, 15) is 9.59 Å². The lowest BCUT2D eigenvalue weighted by molar-refractivity contribution is -0.0271. The van der Waals surface area contributed by atoms with Crippen molar-refractivity contribution in [3.05, 3.63) is 117 Å². The number of fused-ring (bicyclic) bond motifs is 1. The highest BCUT2D eigenvalue weighted by Gasteiger charge is 2.24. The highest BCUT2D eigenvalue weighted by Crippen LogP contribution is 2.30. The van der Waals surface area contributed by atoms with Crippen molar-refractivity contribution < 1.29 is 4.74 Å². The molecule has 6 nitrogen and oxygen atoms in total. The van der Waals surface area contributed by atoms with Gasteiger partial charge < -0.3 is 9.64 Å². The number of ether oxygens (including phenoxy) is 1. The quantitative estimate of drug-likeness (QED) is 0.417. The van der Waals surface area contributed by atoms with Crippen LogP contribution in [-0.4, -0.2) is 40.2 Å². The van der Waals surface area contributed by atoms with Crippen molar-refractivity contribution >= 4 is 10.9 Å². The molecule has 0 unspecified atom stereocenters. The fourth-order valence-corrected chi connectivity index (χ4v) is 4.98. The predicted molar refractivity (Wildman–Crippen MR) is 139 cm³/mol. The van der Waals surface area contributed by atoms with E-state index in [1.165, 1.54) is 11.1 Å². The Labute approximate surface area is 204 Å². The number of aromatic amines is 1. The number of nitrogens with zero attached hydrogens (tertiary/aromatic N) is 2. The van der Waals surface area contributed by atoms with Crippen LogP contribution in [0.3, 0.4) is 0 Å². The summed E-state index contributed by atoms with van der Waals surface area (Å²) in [5.41, 5.74) is 2.39. The van der Waals surface area contributed by atoms with Crippen molar-refractivity contribution in [2.24, 2.45) is 0 Å². The normalized spacial score (nSPS) is 15.1. The summed E-state index contributed by atoms with van der Waals surface area (Å²) < 4.78 is 8.33. The average Bonchev–Trinajstić information content (AvgIpc) is 2.91. The molecule has 1 saturated heterocycles. The van der Waals surface area contributed by atoms with Gasteiger partial charge in [-0.3, -0.25) is 14.3 Å². The first-order valence-electron chi connectivity index (χ1n) is 12.4. The van der Waals surface area contributed by atoms with Gasteiger partial charge in [0.05, 0.1) is 17.0 Å². The molecular formula is C29H31N3O3. The van der Waals surface area contributed by atoms with Crippen LogP contribution in [0.1, 0.15) is 36.5 Å². The number of hydrogen-bond acceptors (Lipinski definition) is 4. The van der Waals surface area contributed by atoms with Crippen molar-refractivity contribution in [1.82, 2.24) is 14.5 Å². The standard InChI is InChI=1S/C29H31N3O3/c33-28-25-14-7-8-15-26(25)32(29(34)30-28)19-9-18-31-20-16-24(17-21-31)35-27(22-10-3-1-4-11-22)23-12-5-2-6-13-23/h1-8,10-15,24,27H,9,16-21H2,(H,30,33,34). The third-order valence-corrected chi connectivity index (χ3v) is 6.83. The van der Waals surface area contributed by atoms with Crippen LogP contribution in [0.15, 0.2) is 94.5 Å². The van der Waals surface area contributed by atoms with E-state index in [1.807, 2.05) is 30.3 Å². The SMILES string of the molecule is O=c1[nH]c(=O)n(CCCN2CCC(OC(c3ccccc3)c3ccccc3)CC2)c2ccccc12. The molecule has 0 aliphatic carbocycles. The van der Waals surface area contributed by atoms with Gasteiger partial charge in [-0.05, 0) is 49.1 Å². The summed E-state index contributed by atoms with van der Waals surface area (Å²) in [6.07, 6.45) is 2.96. The van der Waals surface area contributed by atoms with E-state index < -0.39 is 0 Å². The molecule has 2 heterocycles. The second-order valence-electron chi connectivity index (χ2n) is 9.16. The zero-order chi connectivity index (χ0) is 24.0. The van der Waals surface area contributed by atoms with Gasteiger partial charge in [0.1, 0.15) is 6.10 Å². The van der Waals surface area contributed by atoms with Gasteiger partial charge in [-0.15, -0.1) is 0 Å². The lowest BCUT2D eigenvalue weighted by Gasteiger charge is -2.34. The number of aryl methyl sites for hydroxylation is 1. The van der Waals surface area contributed by atoms with Gasteiger partial charge in [0.15, 0.2) is 0 Å². The summed E-state index contributed by atoms with van der Waals surface area (Å²) in [6.45, 7) is 3.44. The van der Waals surface area contributed by atoms with Gasteiger partial charge in [-0.2, -0.15) is 0 Å². The summed E-state index contributed by atoms with van der Waals surface area (Å²) in [5, 5.41) is 0.552. The number of H-pyrrole nitrogens is 1. The lowest BCUT2D eigenvalue weighted by Crippen LogP contribution is -2.38. The minimum Gasteiger partial charge on any atom is -0.365 e. The van der Waals surface area contributed by atoms with E-state index in [4.69, 9.17) is 4.74 Å². The minimum atomic E-state index is -0.339. The Morgan fingerprint density at radius 1 is 0.800 bits per heavy atom. The molecule has 5 rings (SSSR count). The molecule has 1 N–H and O–H groups in total. The average molecular weight is 470 g/mol. The fourth-order valence-electron chi connectivity index (χ4n) is 4.98. The molecule has 6 heteroatoms. The van der Waals surface area contributed by atoms with Gasteiger partial charge in [-0.25, -0.2) is 4.79 Å². The van der Waals surface area contributed by atoms with Crippen LogP contribution in [-0.2, 0) is 11.3 Å². The summed E-state index contributed by atoms with van der Waals surface area (Å²) in [4.78, 5) is 29.4. The zero-order valence-electron chi connectivity index (χ0n) is 19.8.